The van der Waals surface area contributed by atoms with Crippen LogP contribution in [-0.2, 0) is 13.6 Å². The van der Waals surface area contributed by atoms with Crippen molar-refractivity contribution in [2.75, 3.05) is 11.9 Å². The van der Waals surface area contributed by atoms with E-state index in [2.05, 4.69) is 32.1 Å². The number of carbonyl (C=O) groups excluding carboxylic acids is 1. The molecule has 0 fully saturated rings. The van der Waals surface area contributed by atoms with Gasteiger partial charge in [-0.15, -0.1) is 5.10 Å². The molecule has 0 unspecified atom stereocenters. The molecule has 1 N–H and O–H groups in total. The molecule has 1 aliphatic heterocycles. The fraction of sp³-hybridized carbons (Fsp3) is 0.348. The molecule has 1 amide bonds. The Hall–Kier alpha value is -3.75. The SMILES string of the molecule is Cc1cc2cc(n1)-c1nnn(C)c1OCCC[C@@H](C)Cn1c(nc3ccccc31)NC2=O. The Bertz CT molecular complexity index is 1310. The molecule has 0 radical (unpaired) electrons. The standard InChI is InChI=1S/C23H25N7O2/c1-14-7-6-10-32-22-20(27-28-29(22)3)18-12-16(11-15(2)24-18)21(31)26-23-25-17-8-4-5-9-19(17)30(23)13-14/h4-5,8-9,11-12,14H,6-7,10,13H2,1-3H3,(H,25,26,31)/t14-/m1/s1. The van der Waals surface area contributed by atoms with E-state index in [9.17, 15) is 4.79 Å². The lowest BCUT2D eigenvalue weighted by molar-refractivity contribution is 0.102. The van der Waals surface area contributed by atoms with Crippen molar-refractivity contribution in [2.24, 2.45) is 13.0 Å². The van der Waals surface area contributed by atoms with Crippen LogP contribution < -0.4 is 10.1 Å². The molecule has 3 aromatic heterocycles. The first-order valence-electron chi connectivity index (χ1n) is 10.8. The summed E-state index contributed by atoms with van der Waals surface area (Å²) in [6.07, 6.45) is 1.85. The lowest BCUT2D eigenvalue weighted by Gasteiger charge is -2.16. The zero-order chi connectivity index (χ0) is 22.2. The normalized spacial score (nSPS) is 17.0. The zero-order valence-electron chi connectivity index (χ0n) is 18.4. The molecule has 1 aromatic carbocycles. The maximum atomic E-state index is 13.2. The fourth-order valence-electron chi connectivity index (χ4n) is 4.13. The highest BCUT2D eigenvalue weighted by Gasteiger charge is 2.21. The second kappa shape index (κ2) is 8.07. The van der Waals surface area contributed by atoms with Crippen LogP contribution in [0, 0.1) is 12.8 Å². The summed E-state index contributed by atoms with van der Waals surface area (Å²) in [5.74, 6) is 1.22. The largest absolute Gasteiger partial charge is 0.476 e. The Morgan fingerprint density at radius 3 is 2.91 bits per heavy atom. The molecule has 4 heterocycles. The molecule has 9 heteroatoms. The van der Waals surface area contributed by atoms with Gasteiger partial charge in [-0.2, -0.15) is 0 Å². The smallest absolute Gasteiger partial charge is 0.258 e. The number of hydrogen-bond acceptors (Lipinski definition) is 6. The van der Waals surface area contributed by atoms with Gasteiger partial charge in [-0.1, -0.05) is 24.3 Å². The number of rotatable bonds is 0. The zero-order valence-corrected chi connectivity index (χ0v) is 18.4. The van der Waals surface area contributed by atoms with Gasteiger partial charge in [-0.05, 0) is 49.9 Å². The average molecular weight is 432 g/mol. The molecule has 164 valence electrons. The number of anilines is 1. The Kier molecular flexibility index (Phi) is 5.08. The van der Waals surface area contributed by atoms with E-state index in [0.29, 0.717) is 47.0 Å². The minimum atomic E-state index is -0.248. The quantitative estimate of drug-likeness (QED) is 0.457. The van der Waals surface area contributed by atoms with Gasteiger partial charge in [0.1, 0.15) is 0 Å². The summed E-state index contributed by atoms with van der Waals surface area (Å²) in [5.41, 5.74) is 4.12. The predicted octanol–water partition coefficient (Wildman–Crippen LogP) is 3.60. The van der Waals surface area contributed by atoms with Crippen molar-refractivity contribution < 1.29 is 9.53 Å². The molecule has 0 aliphatic carbocycles. The van der Waals surface area contributed by atoms with Crippen molar-refractivity contribution in [2.45, 2.75) is 33.2 Å². The first-order chi connectivity index (χ1) is 15.5. The van der Waals surface area contributed by atoms with Gasteiger partial charge in [0.15, 0.2) is 5.69 Å². The fourth-order valence-corrected chi connectivity index (χ4v) is 4.13. The number of imidazole rings is 1. The topological polar surface area (TPSA) is 99.8 Å². The van der Waals surface area contributed by atoms with Crippen molar-refractivity contribution >= 4 is 22.9 Å². The van der Waals surface area contributed by atoms with E-state index in [1.165, 1.54) is 0 Å². The third-order valence-electron chi connectivity index (χ3n) is 5.69. The van der Waals surface area contributed by atoms with Gasteiger partial charge in [0.2, 0.25) is 11.8 Å². The Labute approximate surface area is 185 Å². The highest BCUT2D eigenvalue weighted by atomic mass is 16.5. The number of ether oxygens (including phenoxy) is 1. The second-order valence-corrected chi connectivity index (χ2v) is 8.33. The van der Waals surface area contributed by atoms with Gasteiger partial charge in [0.25, 0.3) is 5.91 Å². The van der Waals surface area contributed by atoms with E-state index >= 15 is 0 Å². The number of pyridine rings is 1. The number of nitrogens with zero attached hydrogens (tertiary/aromatic N) is 6. The Balaban J connectivity index is 1.62. The number of carbonyl (C=O) groups is 1. The molecule has 32 heavy (non-hydrogen) atoms. The molecule has 4 aromatic rings. The minimum Gasteiger partial charge on any atom is -0.476 e. The first kappa shape index (κ1) is 20.2. The molecule has 2 bridgehead atoms. The molecule has 0 saturated heterocycles. The highest BCUT2D eigenvalue weighted by Crippen LogP contribution is 2.28. The van der Waals surface area contributed by atoms with E-state index in [1.54, 1.807) is 23.9 Å². The number of nitrogens with one attached hydrogen (secondary N) is 1. The summed E-state index contributed by atoms with van der Waals surface area (Å²) in [4.78, 5) is 22.5. The summed E-state index contributed by atoms with van der Waals surface area (Å²) in [6, 6.07) is 11.4. The van der Waals surface area contributed by atoms with Crippen LogP contribution in [0.2, 0.25) is 0 Å². The second-order valence-electron chi connectivity index (χ2n) is 8.33. The van der Waals surface area contributed by atoms with Gasteiger partial charge in [0.05, 0.1) is 23.3 Å². The minimum absolute atomic E-state index is 0.248. The van der Waals surface area contributed by atoms with Gasteiger partial charge in [0, 0.05) is 24.8 Å². The summed E-state index contributed by atoms with van der Waals surface area (Å²) in [6.45, 7) is 5.34. The van der Waals surface area contributed by atoms with Crippen LogP contribution in [0.25, 0.3) is 22.4 Å². The molecule has 1 atom stereocenters. The van der Waals surface area contributed by atoms with Crippen molar-refractivity contribution in [3.63, 3.8) is 0 Å². The number of amides is 1. The van der Waals surface area contributed by atoms with Gasteiger partial charge >= 0.3 is 0 Å². The lowest BCUT2D eigenvalue weighted by Crippen LogP contribution is -2.18. The van der Waals surface area contributed by atoms with Crippen LogP contribution in [0.3, 0.4) is 0 Å². The van der Waals surface area contributed by atoms with Crippen molar-refractivity contribution in [1.82, 2.24) is 29.5 Å². The van der Waals surface area contributed by atoms with E-state index < -0.39 is 0 Å². The van der Waals surface area contributed by atoms with Crippen LogP contribution in [0.15, 0.2) is 36.4 Å². The third-order valence-corrected chi connectivity index (χ3v) is 5.69. The maximum absolute atomic E-state index is 13.2. The maximum Gasteiger partial charge on any atom is 0.258 e. The first-order valence-corrected chi connectivity index (χ1v) is 10.8. The van der Waals surface area contributed by atoms with Gasteiger partial charge in [-0.3, -0.25) is 15.1 Å². The summed E-state index contributed by atoms with van der Waals surface area (Å²) in [7, 11) is 1.79. The van der Waals surface area contributed by atoms with Crippen molar-refractivity contribution in [1.29, 1.82) is 0 Å². The molecular weight excluding hydrogens is 406 g/mol. The van der Waals surface area contributed by atoms with E-state index in [1.807, 2.05) is 31.2 Å². The van der Waals surface area contributed by atoms with Crippen LogP contribution in [0.4, 0.5) is 5.95 Å². The number of fused-ring (bicyclic) bond motifs is 7. The molecular formula is C23H25N7O2. The van der Waals surface area contributed by atoms with Crippen LogP contribution in [0.1, 0.15) is 35.8 Å². The number of hydrogen-bond donors (Lipinski definition) is 1. The molecule has 1 aliphatic rings. The van der Waals surface area contributed by atoms with Gasteiger partial charge in [-0.25, -0.2) is 9.67 Å². The Morgan fingerprint density at radius 1 is 1.19 bits per heavy atom. The highest BCUT2D eigenvalue weighted by molar-refractivity contribution is 6.04. The van der Waals surface area contributed by atoms with E-state index in [0.717, 1.165) is 30.4 Å². The van der Waals surface area contributed by atoms with E-state index in [-0.39, 0.29) is 5.91 Å². The number of benzene rings is 1. The summed E-state index contributed by atoms with van der Waals surface area (Å²) < 4.78 is 9.74. The lowest BCUT2D eigenvalue weighted by atomic mass is 10.1. The molecule has 9 nitrogen and oxygen atoms in total. The molecule has 5 rings (SSSR count). The number of aromatic nitrogens is 6. The molecule has 0 spiro atoms. The van der Waals surface area contributed by atoms with Crippen molar-refractivity contribution in [3.05, 3.63) is 47.7 Å². The Morgan fingerprint density at radius 2 is 2.03 bits per heavy atom. The monoisotopic (exact) mass is 431 g/mol. The van der Waals surface area contributed by atoms with Crippen LogP contribution >= 0.6 is 0 Å². The van der Waals surface area contributed by atoms with Gasteiger partial charge < -0.3 is 9.30 Å². The summed E-state index contributed by atoms with van der Waals surface area (Å²) >= 11 is 0. The number of para-hydroxylation sites is 2. The molecule has 0 saturated carbocycles. The van der Waals surface area contributed by atoms with Crippen molar-refractivity contribution in [3.8, 4) is 17.3 Å². The third kappa shape index (κ3) is 3.70. The van der Waals surface area contributed by atoms with Crippen LogP contribution in [-0.4, -0.2) is 42.0 Å². The van der Waals surface area contributed by atoms with E-state index in [4.69, 9.17) is 9.72 Å². The number of aryl methyl sites for hydroxylation is 2. The van der Waals surface area contributed by atoms with Crippen LogP contribution in [0.5, 0.6) is 5.88 Å². The predicted molar refractivity (Wildman–Crippen MR) is 121 cm³/mol. The summed E-state index contributed by atoms with van der Waals surface area (Å²) in [5, 5.41) is 11.4. The average Bonchev–Trinajstić information content (AvgIpc) is 3.30.